The van der Waals surface area contributed by atoms with Gasteiger partial charge in [0.25, 0.3) is 0 Å². The number of carbonyl (C=O) groups excluding carboxylic acids is 1. The highest BCUT2D eigenvalue weighted by atomic mass is 32.1. The Balaban J connectivity index is 2.76. The van der Waals surface area contributed by atoms with Crippen LogP contribution in [0.15, 0.2) is 0 Å². The van der Waals surface area contributed by atoms with Gasteiger partial charge in [-0.15, -0.1) is 0 Å². The molecule has 0 bridgehead atoms. The molecule has 1 amide bonds. The Labute approximate surface area is 92.0 Å². The van der Waals surface area contributed by atoms with Crippen molar-refractivity contribution in [3.05, 3.63) is 0 Å². The van der Waals surface area contributed by atoms with Gasteiger partial charge in [-0.05, 0) is 18.5 Å². The van der Waals surface area contributed by atoms with Crippen molar-refractivity contribution in [3.8, 4) is 5.75 Å². The molecule has 0 spiro atoms. The summed E-state index contributed by atoms with van der Waals surface area (Å²) in [5.74, 6) is 0.703. The van der Waals surface area contributed by atoms with Crippen LogP contribution in [0.2, 0.25) is 0 Å². The van der Waals surface area contributed by atoms with Gasteiger partial charge >= 0.3 is 0 Å². The van der Waals surface area contributed by atoms with Crippen LogP contribution in [0.3, 0.4) is 0 Å². The first-order valence-electron chi connectivity index (χ1n) is 4.37. The third kappa shape index (κ3) is 2.50. The number of anilines is 2. The number of carbonyl (C=O) groups is 1. The Morgan fingerprint density at radius 1 is 1.67 bits per heavy atom. The predicted octanol–water partition coefficient (Wildman–Crippen LogP) is 0.280. The first kappa shape index (κ1) is 11.6. The topological polar surface area (TPSA) is 89.3 Å². The zero-order chi connectivity index (χ0) is 11.4. The fourth-order valence-corrected chi connectivity index (χ4v) is 1.83. The van der Waals surface area contributed by atoms with Crippen molar-refractivity contribution >= 4 is 28.3 Å². The molecule has 0 fully saturated rings. The molecule has 4 N–H and O–H groups in total. The van der Waals surface area contributed by atoms with Crippen LogP contribution in [-0.2, 0) is 4.79 Å². The van der Waals surface area contributed by atoms with Gasteiger partial charge in [-0.2, -0.15) is 4.37 Å². The van der Waals surface area contributed by atoms with Gasteiger partial charge in [0.15, 0.2) is 16.6 Å². The second-order valence-electron chi connectivity index (χ2n) is 2.91. The molecule has 15 heavy (non-hydrogen) atoms. The van der Waals surface area contributed by atoms with Gasteiger partial charge in [0, 0.05) is 7.05 Å². The molecule has 0 aliphatic rings. The van der Waals surface area contributed by atoms with Gasteiger partial charge in [-0.3, -0.25) is 4.79 Å². The maximum atomic E-state index is 11.3. The van der Waals surface area contributed by atoms with Crippen molar-refractivity contribution in [2.45, 2.75) is 13.0 Å². The normalized spacial score (nSPS) is 11.9. The molecule has 0 aromatic carbocycles. The Kier molecular flexibility index (Phi) is 3.73. The van der Waals surface area contributed by atoms with Crippen LogP contribution in [0.1, 0.15) is 6.92 Å². The van der Waals surface area contributed by atoms with E-state index >= 15 is 0 Å². The number of hydrogen-bond acceptors (Lipinski definition) is 6. The molecule has 1 atom stereocenters. The Hall–Kier alpha value is -1.50. The third-order valence-corrected chi connectivity index (χ3v) is 2.64. The number of likely N-dealkylation sites (N-methyl/N-ethyl adjacent to an activating group) is 1. The molecule has 1 aromatic heterocycles. The maximum absolute atomic E-state index is 11.3. The summed E-state index contributed by atoms with van der Waals surface area (Å²) < 4.78 is 8.98. The summed E-state index contributed by atoms with van der Waals surface area (Å²) in [6.07, 6.45) is 0. The van der Waals surface area contributed by atoms with E-state index in [0.29, 0.717) is 16.6 Å². The lowest BCUT2D eigenvalue weighted by Gasteiger charge is -2.12. The summed E-state index contributed by atoms with van der Waals surface area (Å²) in [6, 6.07) is -0.358. The highest BCUT2D eigenvalue weighted by Crippen LogP contribution is 2.34. The van der Waals surface area contributed by atoms with Gasteiger partial charge in [0.05, 0.1) is 7.11 Å². The molecular weight excluding hydrogens is 216 g/mol. The van der Waals surface area contributed by atoms with Crippen molar-refractivity contribution in [3.63, 3.8) is 0 Å². The van der Waals surface area contributed by atoms with E-state index in [1.165, 1.54) is 18.6 Å². The number of rotatable bonds is 4. The van der Waals surface area contributed by atoms with Crippen LogP contribution in [0.4, 0.5) is 10.8 Å². The number of methoxy groups -OCH3 is 1. The Morgan fingerprint density at radius 3 is 2.87 bits per heavy atom. The van der Waals surface area contributed by atoms with Gasteiger partial charge < -0.3 is 21.1 Å². The van der Waals surface area contributed by atoms with E-state index in [2.05, 4.69) is 15.0 Å². The molecule has 84 valence electrons. The van der Waals surface area contributed by atoms with Gasteiger partial charge in [0.2, 0.25) is 5.91 Å². The lowest BCUT2D eigenvalue weighted by Crippen LogP contribution is -2.35. The fraction of sp³-hybridized carbons (Fsp3) is 0.500. The van der Waals surface area contributed by atoms with Crippen molar-refractivity contribution in [1.29, 1.82) is 0 Å². The van der Waals surface area contributed by atoms with E-state index in [9.17, 15) is 4.79 Å². The van der Waals surface area contributed by atoms with E-state index in [-0.39, 0.29) is 11.9 Å². The minimum absolute atomic E-state index is 0.107. The van der Waals surface area contributed by atoms with Crippen molar-refractivity contribution in [2.24, 2.45) is 0 Å². The zero-order valence-corrected chi connectivity index (χ0v) is 9.64. The summed E-state index contributed by atoms with van der Waals surface area (Å²) >= 11 is 1.17. The van der Waals surface area contributed by atoms with E-state index < -0.39 is 0 Å². The van der Waals surface area contributed by atoms with Crippen molar-refractivity contribution < 1.29 is 9.53 Å². The number of ether oxygens (including phenoxy) is 1. The molecule has 1 rings (SSSR count). The standard InChI is InChI=1S/C8H14N4O2S/c1-4(7(13)10-2)11-8-5(14-3)6(9)12-15-8/h4,11H,1-3H3,(H2,9,12)(H,10,13). The summed E-state index contributed by atoms with van der Waals surface area (Å²) in [5, 5.41) is 6.17. The smallest absolute Gasteiger partial charge is 0.241 e. The van der Waals surface area contributed by atoms with Crippen LogP contribution >= 0.6 is 11.5 Å². The first-order valence-corrected chi connectivity index (χ1v) is 5.14. The molecule has 0 saturated carbocycles. The predicted molar refractivity (Wildman–Crippen MR) is 60.2 cm³/mol. The molecule has 1 aromatic rings. The average molecular weight is 230 g/mol. The quantitative estimate of drug-likeness (QED) is 0.691. The minimum atomic E-state index is -0.358. The Bertz CT molecular complexity index is 352. The van der Waals surface area contributed by atoms with E-state index in [4.69, 9.17) is 10.5 Å². The number of nitrogens with two attached hydrogens (primary N) is 1. The van der Waals surface area contributed by atoms with E-state index in [0.717, 1.165) is 0 Å². The van der Waals surface area contributed by atoms with Crippen LogP contribution in [0.5, 0.6) is 5.75 Å². The number of nitrogens with zero attached hydrogens (tertiary/aromatic N) is 1. The SMILES string of the molecule is CNC(=O)C(C)Nc1snc(N)c1OC. The molecule has 0 saturated heterocycles. The fourth-order valence-electron chi connectivity index (χ4n) is 1.06. The van der Waals surface area contributed by atoms with E-state index in [1.54, 1.807) is 14.0 Å². The molecular formula is C8H14N4O2S. The highest BCUT2D eigenvalue weighted by molar-refractivity contribution is 7.11. The van der Waals surface area contributed by atoms with Gasteiger partial charge in [-0.25, -0.2) is 0 Å². The monoisotopic (exact) mass is 230 g/mol. The highest BCUT2D eigenvalue weighted by Gasteiger charge is 2.17. The summed E-state index contributed by atoms with van der Waals surface area (Å²) in [4.78, 5) is 11.3. The maximum Gasteiger partial charge on any atom is 0.241 e. The second kappa shape index (κ2) is 4.83. The van der Waals surface area contributed by atoms with Crippen molar-refractivity contribution in [2.75, 3.05) is 25.2 Å². The number of hydrogen-bond donors (Lipinski definition) is 3. The third-order valence-electron chi connectivity index (χ3n) is 1.87. The number of nitrogens with one attached hydrogen (secondary N) is 2. The molecule has 6 nitrogen and oxygen atoms in total. The lowest BCUT2D eigenvalue weighted by atomic mass is 10.3. The number of amides is 1. The van der Waals surface area contributed by atoms with Crippen LogP contribution in [0.25, 0.3) is 0 Å². The molecule has 0 aliphatic carbocycles. The van der Waals surface area contributed by atoms with Crippen LogP contribution in [-0.4, -0.2) is 30.5 Å². The van der Waals surface area contributed by atoms with Gasteiger partial charge in [-0.1, -0.05) is 0 Å². The zero-order valence-electron chi connectivity index (χ0n) is 8.83. The molecule has 1 heterocycles. The summed E-state index contributed by atoms with van der Waals surface area (Å²) in [7, 11) is 3.09. The van der Waals surface area contributed by atoms with E-state index in [1.807, 2.05) is 0 Å². The molecule has 0 aliphatic heterocycles. The summed E-state index contributed by atoms with van der Waals surface area (Å²) in [6.45, 7) is 1.74. The van der Waals surface area contributed by atoms with Crippen LogP contribution < -0.4 is 21.1 Å². The van der Waals surface area contributed by atoms with Crippen LogP contribution in [0, 0.1) is 0 Å². The van der Waals surface area contributed by atoms with Crippen molar-refractivity contribution in [1.82, 2.24) is 9.69 Å². The average Bonchev–Trinajstić information content (AvgIpc) is 2.57. The Morgan fingerprint density at radius 2 is 2.33 bits per heavy atom. The lowest BCUT2D eigenvalue weighted by molar-refractivity contribution is -0.121. The minimum Gasteiger partial charge on any atom is -0.490 e. The molecule has 1 unspecified atom stereocenters. The summed E-state index contributed by atoms with van der Waals surface area (Å²) in [5.41, 5.74) is 5.57. The van der Waals surface area contributed by atoms with Gasteiger partial charge in [0.1, 0.15) is 6.04 Å². The first-order chi connectivity index (χ1) is 7.10. The molecule has 7 heteroatoms. The second-order valence-corrected chi connectivity index (χ2v) is 3.68. The number of nitrogen functional groups attached to an aromatic ring is 1. The largest absolute Gasteiger partial charge is 0.490 e. The molecule has 0 radical (unpaired) electrons. The number of aromatic nitrogens is 1.